The number of Topliss-reactive ketones (excluding diaryl/α,β-unsaturated/α-hetero) is 1. The van der Waals surface area contributed by atoms with Gasteiger partial charge in [-0.3, -0.25) is 4.79 Å². The Hall–Kier alpha value is -2.05. The summed E-state index contributed by atoms with van der Waals surface area (Å²) in [7, 11) is 1.49. The van der Waals surface area contributed by atoms with Gasteiger partial charge in [-0.25, -0.2) is 0 Å². The van der Waals surface area contributed by atoms with Crippen LogP contribution >= 0.6 is 0 Å². The largest absolute Gasteiger partial charge is 0.507 e. The molecule has 1 aliphatic rings. The zero-order valence-electron chi connectivity index (χ0n) is 19.7. The number of benzene rings is 1. The Morgan fingerprint density at radius 2 is 1.69 bits per heavy atom. The van der Waals surface area contributed by atoms with Gasteiger partial charge in [0.2, 0.25) is 5.79 Å². The van der Waals surface area contributed by atoms with E-state index in [1.54, 1.807) is 0 Å². The summed E-state index contributed by atoms with van der Waals surface area (Å²) in [5, 5.41) is 21.0. The third kappa shape index (κ3) is 8.83. The highest BCUT2D eigenvalue weighted by molar-refractivity contribution is 6.02. The number of ether oxygens (including phenoxy) is 3. The van der Waals surface area contributed by atoms with Gasteiger partial charge < -0.3 is 24.4 Å². The lowest BCUT2D eigenvalue weighted by molar-refractivity contribution is -0.145. The van der Waals surface area contributed by atoms with Gasteiger partial charge in [0, 0.05) is 25.7 Å². The van der Waals surface area contributed by atoms with Gasteiger partial charge in [0.1, 0.15) is 22.8 Å². The van der Waals surface area contributed by atoms with E-state index >= 15 is 0 Å². The second-order valence-electron chi connectivity index (χ2n) is 8.64. The zero-order chi connectivity index (χ0) is 23.2. The van der Waals surface area contributed by atoms with Crippen molar-refractivity contribution in [1.82, 2.24) is 0 Å². The van der Waals surface area contributed by atoms with Crippen LogP contribution in [0.15, 0.2) is 24.3 Å². The molecule has 1 aromatic carbocycles. The topological polar surface area (TPSA) is 85.2 Å². The van der Waals surface area contributed by atoms with Crippen molar-refractivity contribution in [2.24, 2.45) is 0 Å². The zero-order valence-corrected chi connectivity index (χ0v) is 19.7. The number of ketones is 1. The smallest absolute Gasteiger partial charge is 0.215 e. The Balaban J connectivity index is 1.67. The SMILES string of the molecule is CCCC/C=C\CCCCCCCCCC1(O)CC(=O)c2c(O)cc(OCOC)cc2O1. The number of carbonyl (C=O) groups is 1. The molecule has 0 aliphatic carbocycles. The third-order valence-corrected chi connectivity index (χ3v) is 5.74. The molecular formula is C26H40O6. The number of allylic oxidation sites excluding steroid dienone is 2. The minimum absolute atomic E-state index is 0.00605. The minimum Gasteiger partial charge on any atom is -0.507 e. The van der Waals surface area contributed by atoms with Gasteiger partial charge >= 0.3 is 0 Å². The van der Waals surface area contributed by atoms with Crippen molar-refractivity contribution in [2.45, 2.75) is 96.2 Å². The lowest BCUT2D eigenvalue weighted by Gasteiger charge is -2.33. The number of fused-ring (bicyclic) bond motifs is 1. The quantitative estimate of drug-likeness (QED) is 0.176. The van der Waals surface area contributed by atoms with E-state index in [1.165, 1.54) is 70.6 Å². The lowest BCUT2D eigenvalue weighted by atomic mass is 9.93. The van der Waals surface area contributed by atoms with E-state index in [0.29, 0.717) is 12.2 Å². The van der Waals surface area contributed by atoms with Crippen molar-refractivity contribution >= 4 is 5.78 Å². The average Bonchev–Trinajstić information content (AvgIpc) is 2.74. The Labute approximate surface area is 192 Å². The van der Waals surface area contributed by atoms with Crippen molar-refractivity contribution < 1.29 is 29.2 Å². The maximum atomic E-state index is 12.5. The summed E-state index contributed by atoms with van der Waals surface area (Å²) >= 11 is 0. The van der Waals surface area contributed by atoms with E-state index in [1.807, 2.05) is 0 Å². The van der Waals surface area contributed by atoms with Crippen molar-refractivity contribution in [2.75, 3.05) is 13.9 Å². The molecule has 0 amide bonds. The van der Waals surface area contributed by atoms with Gasteiger partial charge in [-0.15, -0.1) is 0 Å². The predicted molar refractivity (Wildman–Crippen MR) is 125 cm³/mol. The van der Waals surface area contributed by atoms with Crippen LogP contribution in [0, 0.1) is 0 Å². The van der Waals surface area contributed by atoms with Crippen LogP contribution in [-0.2, 0) is 4.74 Å². The summed E-state index contributed by atoms with van der Waals surface area (Å²) in [5.41, 5.74) is 0.0969. The second-order valence-corrected chi connectivity index (χ2v) is 8.64. The van der Waals surface area contributed by atoms with Crippen LogP contribution in [0.25, 0.3) is 0 Å². The second kappa shape index (κ2) is 14.2. The normalized spacial score (nSPS) is 18.0. The third-order valence-electron chi connectivity index (χ3n) is 5.74. The molecule has 0 aromatic heterocycles. The maximum absolute atomic E-state index is 12.5. The van der Waals surface area contributed by atoms with Crippen LogP contribution in [0.4, 0.5) is 0 Å². The van der Waals surface area contributed by atoms with Crippen LogP contribution in [0.1, 0.15) is 101 Å². The number of phenolic OH excluding ortho intramolecular Hbond substituents is 1. The highest BCUT2D eigenvalue weighted by Gasteiger charge is 2.40. The molecule has 2 rings (SSSR count). The first-order chi connectivity index (χ1) is 15.5. The molecule has 0 fully saturated rings. The molecule has 0 saturated carbocycles. The van der Waals surface area contributed by atoms with Crippen molar-refractivity contribution in [3.05, 3.63) is 29.8 Å². The summed E-state index contributed by atoms with van der Waals surface area (Å²) in [6.07, 6.45) is 17.6. The number of phenols is 1. The Morgan fingerprint density at radius 1 is 1.03 bits per heavy atom. The highest BCUT2D eigenvalue weighted by atomic mass is 16.7. The fraction of sp³-hybridized carbons (Fsp3) is 0.654. The van der Waals surface area contributed by atoms with Gasteiger partial charge in [0.25, 0.3) is 0 Å². The molecule has 180 valence electrons. The van der Waals surface area contributed by atoms with Crippen molar-refractivity contribution in [1.29, 1.82) is 0 Å². The van der Waals surface area contributed by atoms with Crippen LogP contribution < -0.4 is 9.47 Å². The number of methoxy groups -OCH3 is 1. The number of rotatable bonds is 16. The summed E-state index contributed by atoms with van der Waals surface area (Å²) in [6.45, 7) is 2.22. The first-order valence-electron chi connectivity index (χ1n) is 12.1. The van der Waals surface area contributed by atoms with Gasteiger partial charge in [0.05, 0.1) is 6.42 Å². The number of aromatic hydroxyl groups is 1. The Morgan fingerprint density at radius 3 is 2.38 bits per heavy atom. The molecule has 1 aromatic rings. The number of hydrogen-bond acceptors (Lipinski definition) is 6. The van der Waals surface area contributed by atoms with Crippen LogP contribution in [0.2, 0.25) is 0 Å². The molecule has 6 nitrogen and oxygen atoms in total. The molecule has 6 heteroatoms. The van der Waals surface area contributed by atoms with Gasteiger partial charge in [-0.05, 0) is 25.7 Å². The Kier molecular flexibility index (Phi) is 11.6. The molecule has 0 radical (unpaired) electrons. The molecule has 0 bridgehead atoms. The summed E-state index contributed by atoms with van der Waals surface area (Å²) < 4.78 is 15.9. The molecule has 0 saturated heterocycles. The number of carbonyl (C=O) groups excluding carboxylic acids is 1. The predicted octanol–water partition coefficient (Wildman–Crippen LogP) is 6.29. The summed E-state index contributed by atoms with van der Waals surface area (Å²) in [4.78, 5) is 12.5. The average molecular weight is 449 g/mol. The van der Waals surface area contributed by atoms with Gasteiger partial charge in [0.15, 0.2) is 12.6 Å². The van der Waals surface area contributed by atoms with Gasteiger partial charge in [-0.1, -0.05) is 64.0 Å². The monoisotopic (exact) mass is 448 g/mol. The summed E-state index contributed by atoms with van der Waals surface area (Å²) in [5.74, 6) is -1.61. The van der Waals surface area contributed by atoms with E-state index in [0.717, 1.165) is 19.3 Å². The maximum Gasteiger partial charge on any atom is 0.215 e. The number of aliphatic hydroxyl groups is 1. The van der Waals surface area contributed by atoms with Crippen LogP contribution in [0.5, 0.6) is 17.2 Å². The standard InChI is InChI=1S/C26H40O6/c1-3-4-5-6-7-8-9-10-11-12-13-14-15-16-26(29)19-23(28)25-22(27)17-21(31-20-30-2)18-24(25)32-26/h6-7,17-18,27,29H,3-5,8-16,19-20H2,1-2H3/b7-6-. The minimum atomic E-state index is -1.54. The van der Waals surface area contributed by atoms with Gasteiger partial charge in [-0.2, -0.15) is 0 Å². The first kappa shape index (κ1) is 26.2. The molecule has 1 heterocycles. The van der Waals surface area contributed by atoms with E-state index in [2.05, 4.69) is 19.1 Å². The van der Waals surface area contributed by atoms with E-state index in [9.17, 15) is 15.0 Å². The molecule has 1 aliphatic heterocycles. The summed E-state index contributed by atoms with van der Waals surface area (Å²) in [6, 6.07) is 2.86. The molecular weight excluding hydrogens is 408 g/mol. The highest BCUT2D eigenvalue weighted by Crippen LogP contribution is 2.41. The molecule has 32 heavy (non-hydrogen) atoms. The molecule has 0 spiro atoms. The number of hydrogen-bond donors (Lipinski definition) is 2. The Bertz CT molecular complexity index is 729. The first-order valence-corrected chi connectivity index (χ1v) is 12.1. The van der Waals surface area contributed by atoms with Crippen LogP contribution in [0.3, 0.4) is 0 Å². The van der Waals surface area contributed by atoms with Crippen molar-refractivity contribution in [3.8, 4) is 17.2 Å². The van der Waals surface area contributed by atoms with E-state index in [4.69, 9.17) is 14.2 Å². The van der Waals surface area contributed by atoms with Crippen LogP contribution in [-0.4, -0.2) is 35.7 Å². The molecule has 1 unspecified atom stereocenters. The number of unbranched alkanes of at least 4 members (excludes halogenated alkanes) is 9. The molecule has 1 atom stereocenters. The van der Waals surface area contributed by atoms with E-state index in [-0.39, 0.29) is 36.1 Å². The molecule has 2 N–H and O–H groups in total. The fourth-order valence-electron chi connectivity index (χ4n) is 3.97. The fourth-order valence-corrected chi connectivity index (χ4v) is 3.97. The lowest BCUT2D eigenvalue weighted by Crippen LogP contribution is -2.41. The van der Waals surface area contributed by atoms with E-state index < -0.39 is 5.79 Å². The van der Waals surface area contributed by atoms with Crippen molar-refractivity contribution in [3.63, 3.8) is 0 Å².